The van der Waals surface area contributed by atoms with E-state index in [4.69, 9.17) is 0 Å². The zero-order valence-electron chi connectivity index (χ0n) is 12.0. The van der Waals surface area contributed by atoms with Crippen LogP contribution in [-0.4, -0.2) is 22.3 Å². The van der Waals surface area contributed by atoms with Crippen molar-refractivity contribution in [1.29, 1.82) is 0 Å². The molecule has 0 fully saturated rings. The van der Waals surface area contributed by atoms with Crippen molar-refractivity contribution >= 4 is 11.6 Å². The molecule has 0 saturated carbocycles. The summed E-state index contributed by atoms with van der Waals surface area (Å²) in [6.07, 6.45) is 1.03. The second-order valence-corrected chi connectivity index (χ2v) is 6.42. The van der Waals surface area contributed by atoms with Crippen LogP contribution >= 0.6 is 0 Å². The molecule has 0 unspecified atom stereocenters. The molecule has 3 nitrogen and oxygen atoms in total. The summed E-state index contributed by atoms with van der Waals surface area (Å²) in [7, 11) is 0. The Bertz CT molecular complexity index is 286. The molecule has 3 heteroatoms. The smallest absolute Gasteiger partial charge is 0.170 e. The van der Waals surface area contributed by atoms with Gasteiger partial charge < -0.3 is 5.11 Å². The number of carbonyl (C=O) groups is 2. The molecule has 100 valence electrons. The number of rotatable bonds is 6. The SMILES string of the molecule is CC(=O)C[C@](O)(CCC(C)C)C(=O)C(C)(C)C. The van der Waals surface area contributed by atoms with E-state index in [2.05, 4.69) is 0 Å². The number of Topliss-reactive ketones (excluding diaryl/α,β-unsaturated/α-hetero) is 2. The first kappa shape index (κ1) is 16.3. The quantitative estimate of drug-likeness (QED) is 0.779. The van der Waals surface area contributed by atoms with E-state index in [0.29, 0.717) is 12.3 Å². The predicted molar refractivity (Wildman–Crippen MR) is 68.8 cm³/mol. The lowest BCUT2D eigenvalue weighted by Gasteiger charge is -2.32. The Kier molecular flexibility index (Phi) is 5.53. The first-order chi connectivity index (χ1) is 7.49. The fourth-order valence-electron chi connectivity index (χ4n) is 1.92. The maximum absolute atomic E-state index is 12.2. The molecule has 0 amide bonds. The molecule has 0 aliphatic heterocycles. The third-order valence-corrected chi connectivity index (χ3v) is 2.78. The van der Waals surface area contributed by atoms with Gasteiger partial charge in [-0.25, -0.2) is 0 Å². The lowest BCUT2D eigenvalue weighted by Crippen LogP contribution is -2.46. The van der Waals surface area contributed by atoms with Gasteiger partial charge in [0.15, 0.2) is 5.78 Å². The van der Waals surface area contributed by atoms with Crippen LogP contribution in [0, 0.1) is 11.3 Å². The van der Waals surface area contributed by atoms with Gasteiger partial charge in [0.2, 0.25) is 0 Å². The first-order valence-electron chi connectivity index (χ1n) is 6.26. The molecule has 0 aromatic heterocycles. The normalized spacial score (nSPS) is 15.8. The summed E-state index contributed by atoms with van der Waals surface area (Å²) in [6, 6.07) is 0. The highest BCUT2D eigenvalue weighted by Gasteiger charge is 2.42. The van der Waals surface area contributed by atoms with Gasteiger partial charge in [0.05, 0.1) is 0 Å². The van der Waals surface area contributed by atoms with Gasteiger partial charge in [-0.2, -0.15) is 0 Å². The average molecular weight is 242 g/mol. The molecule has 1 N–H and O–H groups in total. The Morgan fingerprint density at radius 1 is 1.18 bits per heavy atom. The van der Waals surface area contributed by atoms with Gasteiger partial charge >= 0.3 is 0 Å². The zero-order valence-corrected chi connectivity index (χ0v) is 12.0. The number of aliphatic hydroxyl groups is 1. The van der Waals surface area contributed by atoms with Crippen LogP contribution in [0.5, 0.6) is 0 Å². The topological polar surface area (TPSA) is 54.4 Å². The van der Waals surface area contributed by atoms with Crippen LogP contribution in [0.4, 0.5) is 0 Å². The highest BCUT2D eigenvalue weighted by Crippen LogP contribution is 2.30. The molecule has 0 aliphatic rings. The van der Waals surface area contributed by atoms with E-state index in [0.717, 1.165) is 6.42 Å². The van der Waals surface area contributed by atoms with Crippen molar-refractivity contribution in [3.8, 4) is 0 Å². The van der Waals surface area contributed by atoms with Crippen LogP contribution in [0.1, 0.15) is 60.8 Å². The van der Waals surface area contributed by atoms with E-state index in [1.54, 1.807) is 20.8 Å². The Morgan fingerprint density at radius 2 is 1.65 bits per heavy atom. The van der Waals surface area contributed by atoms with Crippen LogP contribution in [0.15, 0.2) is 0 Å². The summed E-state index contributed by atoms with van der Waals surface area (Å²) in [5.41, 5.74) is -2.12. The van der Waals surface area contributed by atoms with E-state index < -0.39 is 11.0 Å². The van der Waals surface area contributed by atoms with Crippen LogP contribution in [0.3, 0.4) is 0 Å². The number of carbonyl (C=O) groups excluding carboxylic acids is 2. The van der Waals surface area contributed by atoms with Gasteiger partial charge in [-0.1, -0.05) is 34.6 Å². The average Bonchev–Trinajstić information content (AvgIpc) is 2.11. The summed E-state index contributed by atoms with van der Waals surface area (Å²) >= 11 is 0. The number of ketones is 2. The van der Waals surface area contributed by atoms with Gasteiger partial charge in [-0.05, 0) is 25.7 Å². The molecule has 0 radical (unpaired) electrons. The minimum atomic E-state index is -1.49. The Balaban J connectivity index is 4.96. The third kappa shape index (κ3) is 5.44. The Hall–Kier alpha value is -0.700. The van der Waals surface area contributed by atoms with Crippen LogP contribution in [0.2, 0.25) is 0 Å². The lowest BCUT2D eigenvalue weighted by molar-refractivity contribution is -0.150. The van der Waals surface area contributed by atoms with Gasteiger partial charge in [0, 0.05) is 11.8 Å². The minimum Gasteiger partial charge on any atom is -0.382 e. The molecular formula is C14H26O3. The van der Waals surface area contributed by atoms with Gasteiger partial charge in [-0.15, -0.1) is 0 Å². The van der Waals surface area contributed by atoms with Crippen molar-refractivity contribution in [3.63, 3.8) is 0 Å². The van der Waals surface area contributed by atoms with E-state index in [-0.39, 0.29) is 18.0 Å². The molecule has 1 atom stereocenters. The maximum atomic E-state index is 12.2. The maximum Gasteiger partial charge on any atom is 0.170 e. The standard InChI is InChI=1S/C14H26O3/c1-10(2)7-8-14(17,9-11(3)15)12(16)13(4,5)6/h10,17H,7-9H2,1-6H3/t14-/m1/s1. The van der Waals surface area contributed by atoms with Gasteiger partial charge in [0.25, 0.3) is 0 Å². The van der Waals surface area contributed by atoms with Crippen LogP contribution in [-0.2, 0) is 9.59 Å². The Labute approximate surface area is 105 Å². The molecule has 0 aromatic rings. The highest BCUT2D eigenvalue weighted by molar-refractivity contribution is 5.95. The molecular weight excluding hydrogens is 216 g/mol. The van der Waals surface area contributed by atoms with Gasteiger partial charge in [0.1, 0.15) is 11.4 Å². The summed E-state index contributed by atoms with van der Waals surface area (Å²) in [5, 5.41) is 10.5. The monoisotopic (exact) mass is 242 g/mol. The van der Waals surface area contributed by atoms with Gasteiger partial charge in [-0.3, -0.25) is 9.59 Å². The second-order valence-electron chi connectivity index (χ2n) is 6.42. The third-order valence-electron chi connectivity index (χ3n) is 2.78. The summed E-state index contributed by atoms with van der Waals surface area (Å²) < 4.78 is 0. The fraction of sp³-hybridized carbons (Fsp3) is 0.857. The molecule has 0 saturated heterocycles. The van der Waals surface area contributed by atoms with Crippen molar-refractivity contribution < 1.29 is 14.7 Å². The highest BCUT2D eigenvalue weighted by atomic mass is 16.3. The van der Waals surface area contributed by atoms with E-state index in [1.807, 2.05) is 13.8 Å². The lowest BCUT2D eigenvalue weighted by atomic mass is 9.75. The zero-order chi connectivity index (χ0) is 13.9. The van der Waals surface area contributed by atoms with Crippen molar-refractivity contribution in [3.05, 3.63) is 0 Å². The summed E-state index contributed by atoms with van der Waals surface area (Å²) in [6.45, 7) is 10.8. The Morgan fingerprint density at radius 3 is 1.94 bits per heavy atom. The molecule has 17 heavy (non-hydrogen) atoms. The van der Waals surface area contributed by atoms with E-state index >= 15 is 0 Å². The van der Waals surface area contributed by atoms with Crippen molar-refractivity contribution in [1.82, 2.24) is 0 Å². The molecule has 0 bridgehead atoms. The van der Waals surface area contributed by atoms with E-state index in [1.165, 1.54) is 6.92 Å². The van der Waals surface area contributed by atoms with Crippen LogP contribution in [0.25, 0.3) is 0 Å². The van der Waals surface area contributed by atoms with Crippen LogP contribution < -0.4 is 0 Å². The van der Waals surface area contributed by atoms with Crippen molar-refractivity contribution in [2.45, 2.75) is 66.4 Å². The summed E-state index contributed by atoms with van der Waals surface area (Å²) in [5.74, 6) is 0.0240. The number of hydrogen-bond donors (Lipinski definition) is 1. The van der Waals surface area contributed by atoms with Crippen molar-refractivity contribution in [2.24, 2.45) is 11.3 Å². The first-order valence-corrected chi connectivity index (χ1v) is 6.26. The number of hydrogen-bond acceptors (Lipinski definition) is 3. The molecule has 0 spiro atoms. The minimum absolute atomic E-state index is 0.0736. The molecule has 0 rings (SSSR count). The largest absolute Gasteiger partial charge is 0.382 e. The molecule has 0 aromatic carbocycles. The molecule has 0 aliphatic carbocycles. The second kappa shape index (κ2) is 5.76. The van der Waals surface area contributed by atoms with Crippen molar-refractivity contribution in [2.75, 3.05) is 0 Å². The van der Waals surface area contributed by atoms with E-state index in [9.17, 15) is 14.7 Å². The molecule has 0 heterocycles. The summed E-state index contributed by atoms with van der Waals surface area (Å²) in [4.78, 5) is 23.5. The predicted octanol–water partition coefficient (Wildman–Crippen LogP) is 2.75. The fourth-order valence-corrected chi connectivity index (χ4v) is 1.92.